The van der Waals surface area contributed by atoms with Gasteiger partial charge in [-0.05, 0) is 30.4 Å². The highest BCUT2D eigenvalue weighted by Gasteiger charge is 2.40. The average molecular weight is 320 g/mol. The highest BCUT2D eigenvalue weighted by molar-refractivity contribution is 9.10. The van der Waals surface area contributed by atoms with Gasteiger partial charge in [-0.3, -0.25) is 4.79 Å². The largest absolute Gasteiger partial charge is 0.360 e. The predicted molar refractivity (Wildman–Crippen MR) is 81.5 cm³/mol. The third-order valence-corrected chi connectivity index (χ3v) is 4.98. The van der Waals surface area contributed by atoms with Gasteiger partial charge in [-0.15, -0.1) is 0 Å². The maximum Gasteiger partial charge on any atom is 0.168 e. The standard InChI is InChI=1S/C16H18BrNO/c1-16(2)7-3-4-13(16)15(19)12-9-18-14-8-10(17)5-6-11(12)14/h5-6,8-9,13,18H,3-4,7H2,1-2H3. The quantitative estimate of drug-likeness (QED) is 0.781. The fourth-order valence-corrected chi connectivity index (χ4v) is 3.66. The number of carbonyl (C=O) groups excluding carboxylic acids is 1. The molecule has 1 heterocycles. The van der Waals surface area contributed by atoms with Gasteiger partial charge in [-0.2, -0.15) is 0 Å². The highest BCUT2D eigenvalue weighted by atomic mass is 79.9. The minimum absolute atomic E-state index is 0.135. The molecule has 1 aliphatic rings. The monoisotopic (exact) mass is 319 g/mol. The smallest absolute Gasteiger partial charge is 0.168 e. The van der Waals surface area contributed by atoms with Crippen molar-refractivity contribution in [1.82, 2.24) is 4.98 Å². The van der Waals surface area contributed by atoms with Crippen molar-refractivity contribution >= 4 is 32.6 Å². The van der Waals surface area contributed by atoms with E-state index < -0.39 is 0 Å². The highest BCUT2D eigenvalue weighted by Crippen LogP contribution is 2.44. The summed E-state index contributed by atoms with van der Waals surface area (Å²) in [5.74, 6) is 0.464. The van der Waals surface area contributed by atoms with E-state index in [1.54, 1.807) is 0 Å². The third kappa shape index (κ3) is 2.14. The van der Waals surface area contributed by atoms with Gasteiger partial charge >= 0.3 is 0 Å². The molecule has 100 valence electrons. The first-order chi connectivity index (χ1) is 8.99. The Morgan fingerprint density at radius 1 is 1.42 bits per heavy atom. The molecule has 2 nitrogen and oxygen atoms in total. The van der Waals surface area contributed by atoms with E-state index in [0.29, 0.717) is 5.78 Å². The van der Waals surface area contributed by atoms with Crippen molar-refractivity contribution < 1.29 is 4.79 Å². The normalized spacial score (nSPS) is 21.9. The number of Topliss-reactive ketones (excluding diaryl/α,β-unsaturated/α-hetero) is 1. The lowest BCUT2D eigenvalue weighted by Crippen LogP contribution is -2.25. The number of ketones is 1. The molecule has 19 heavy (non-hydrogen) atoms. The van der Waals surface area contributed by atoms with Crippen LogP contribution in [0.25, 0.3) is 10.9 Å². The summed E-state index contributed by atoms with van der Waals surface area (Å²) >= 11 is 3.46. The van der Waals surface area contributed by atoms with Crippen LogP contribution >= 0.6 is 15.9 Å². The molecule has 2 aromatic rings. The molecular formula is C16H18BrNO. The van der Waals surface area contributed by atoms with Crippen LogP contribution < -0.4 is 0 Å². The summed E-state index contributed by atoms with van der Waals surface area (Å²) in [7, 11) is 0. The van der Waals surface area contributed by atoms with Gasteiger partial charge < -0.3 is 4.98 Å². The zero-order valence-corrected chi connectivity index (χ0v) is 12.9. The van der Waals surface area contributed by atoms with Crippen LogP contribution in [-0.2, 0) is 0 Å². The molecule has 0 radical (unpaired) electrons. The van der Waals surface area contributed by atoms with Crippen LogP contribution in [0, 0.1) is 11.3 Å². The van der Waals surface area contributed by atoms with Gasteiger partial charge in [0.05, 0.1) is 0 Å². The second kappa shape index (κ2) is 4.48. The Morgan fingerprint density at radius 2 is 2.21 bits per heavy atom. The van der Waals surface area contributed by atoms with Crippen molar-refractivity contribution in [2.75, 3.05) is 0 Å². The first kappa shape index (κ1) is 12.9. The fourth-order valence-electron chi connectivity index (χ4n) is 3.30. The molecule has 1 aromatic heterocycles. The molecule has 1 saturated carbocycles. The van der Waals surface area contributed by atoms with Gasteiger partial charge in [0.1, 0.15) is 0 Å². The molecule has 1 fully saturated rings. The molecule has 3 rings (SSSR count). The Hall–Kier alpha value is -1.09. The van der Waals surface area contributed by atoms with Crippen LogP contribution in [0.5, 0.6) is 0 Å². The average Bonchev–Trinajstić information content (AvgIpc) is 2.90. The molecule has 0 bridgehead atoms. The zero-order valence-electron chi connectivity index (χ0n) is 11.3. The molecule has 0 spiro atoms. The van der Waals surface area contributed by atoms with Crippen molar-refractivity contribution in [2.24, 2.45) is 11.3 Å². The van der Waals surface area contributed by atoms with E-state index >= 15 is 0 Å². The number of halogens is 1. The second-order valence-corrected chi connectivity index (χ2v) is 7.11. The van der Waals surface area contributed by atoms with E-state index in [4.69, 9.17) is 0 Å². The van der Waals surface area contributed by atoms with Gasteiger partial charge in [0, 0.05) is 33.1 Å². The lowest BCUT2D eigenvalue weighted by Gasteiger charge is -2.25. The Bertz CT molecular complexity index is 641. The second-order valence-electron chi connectivity index (χ2n) is 6.19. The first-order valence-electron chi connectivity index (χ1n) is 6.80. The van der Waals surface area contributed by atoms with E-state index in [2.05, 4.69) is 34.8 Å². The zero-order chi connectivity index (χ0) is 13.6. The Balaban J connectivity index is 2.03. The van der Waals surface area contributed by atoms with E-state index in [-0.39, 0.29) is 11.3 Å². The van der Waals surface area contributed by atoms with Crippen LogP contribution in [0.3, 0.4) is 0 Å². The fraction of sp³-hybridized carbons (Fsp3) is 0.438. The molecule has 0 amide bonds. The number of benzene rings is 1. The molecular weight excluding hydrogens is 302 g/mol. The van der Waals surface area contributed by atoms with Gasteiger partial charge in [-0.25, -0.2) is 0 Å². The number of nitrogens with one attached hydrogen (secondary N) is 1. The van der Waals surface area contributed by atoms with Gasteiger partial charge in [0.2, 0.25) is 0 Å². The van der Waals surface area contributed by atoms with Gasteiger partial charge in [0.25, 0.3) is 0 Å². The maximum absolute atomic E-state index is 12.8. The Kier molecular flexibility index (Phi) is 3.05. The number of aromatic nitrogens is 1. The first-order valence-corrected chi connectivity index (χ1v) is 7.59. The number of rotatable bonds is 2. The minimum atomic E-state index is 0.135. The number of aromatic amines is 1. The molecule has 0 saturated heterocycles. The number of fused-ring (bicyclic) bond motifs is 1. The van der Waals surface area contributed by atoms with Crippen molar-refractivity contribution in [3.8, 4) is 0 Å². The third-order valence-electron chi connectivity index (χ3n) is 4.48. The number of hydrogen-bond acceptors (Lipinski definition) is 1. The van der Waals surface area contributed by atoms with Crippen LogP contribution in [0.2, 0.25) is 0 Å². The van der Waals surface area contributed by atoms with E-state index in [1.807, 2.05) is 24.4 Å². The summed E-state index contributed by atoms with van der Waals surface area (Å²) < 4.78 is 1.03. The maximum atomic E-state index is 12.8. The Morgan fingerprint density at radius 3 is 2.89 bits per heavy atom. The topological polar surface area (TPSA) is 32.9 Å². The summed E-state index contributed by atoms with van der Waals surface area (Å²) in [6, 6.07) is 6.03. The SMILES string of the molecule is CC1(C)CCCC1C(=O)c1c[nH]c2cc(Br)ccc12. The molecule has 1 aliphatic carbocycles. The Labute approximate surface area is 121 Å². The molecule has 1 N–H and O–H groups in total. The van der Waals surface area contributed by atoms with Crippen molar-refractivity contribution in [3.63, 3.8) is 0 Å². The van der Waals surface area contributed by atoms with E-state index in [0.717, 1.165) is 40.2 Å². The molecule has 1 unspecified atom stereocenters. The van der Waals surface area contributed by atoms with Gasteiger partial charge in [0.15, 0.2) is 5.78 Å². The molecule has 1 atom stereocenters. The predicted octanol–water partition coefficient (Wildman–Crippen LogP) is 4.94. The van der Waals surface area contributed by atoms with E-state index in [1.165, 1.54) is 0 Å². The lowest BCUT2D eigenvalue weighted by molar-refractivity contribution is 0.0841. The van der Waals surface area contributed by atoms with Crippen LogP contribution in [0.1, 0.15) is 43.5 Å². The molecule has 0 aliphatic heterocycles. The number of hydrogen-bond donors (Lipinski definition) is 1. The molecule has 1 aromatic carbocycles. The number of carbonyl (C=O) groups is 1. The number of H-pyrrole nitrogens is 1. The summed E-state index contributed by atoms with van der Waals surface area (Å²) in [5, 5.41) is 1.04. The lowest BCUT2D eigenvalue weighted by atomic mass is 9.78. The van der Waals surface area contributed by atoms with Crippen LogP contribution in [0.15, 0.2) is 28.9 Å². The van der Waals surface area contributed by atoms with E-state index in [9.17, 15) is 4.79 Å². The summed E-state index contributed by atoms with van der Waals surface area (Å²) in [6.45, 7) is 4.43. The summed E-state index contributed by atoms with van der Waals surface area (Å²) in [6.07, 6.45) is 5.21. The van der Waals surface area contributed by atoms with Crippen molar-refractivity contribution in [1.29, 1.82) is 0 Å². The summed E-state index contributed by atoms with van der Waals surface area (Å²) in [4.78, 5) is 16.0. The van der Waals surface area contributed by atoms with Crippen molar-refractivity contribution in [2.45, 2.75) is 33.1 Å². The van der Waals surface area contributed by atoms with Crippen LogP contribution in [0.4, 0.5) is 0 Å². The van der Waals surface area contributed by atoms with Crippen LogP contribution in [-0.4, -0.2) is 10.8 Å². The minimum Gasteiger partial charge on any atom is -0.360 e. The summed E-state index contributed by atoms with van der Waals surface area (Å²) in [5.41, 5.74) is 2.01. The van der Waals surface area contributed by atoms with Gasteiger partial charge in [-0.1, -0.05) is 42.3 Å². The molecule has 3 heteroatoms. The van der Waals surface area contributed by atoms with Crippen molar-refractivity contribution in [3.05, 3.63) is 34.4 Å².